The summed E-state index contributed by atoms with van der Waals surface area (Å²) in [6, 6.07) is 10.3. The molecule has 0 saturated carbocycles. The normalized spacial score (nSPS) is 9.55. The Balaban J connectivity index is -0.000000333. The zero-order valence-electron chi connectivity index (χ0n) is 8.33. The maximum absolute atomic E-state index is 3.32. The number of halogens is 1. The number of hydrogen-bond acceptors (Lipinski definition) is 0. The fourth-order valence-electron chi connectivity index (χ4n) is 0.745. The Bertz CT molecular complexity index is 214. The minimum atomic E-state index is 0. The van der Waals surface area contributed by atoms with Gasteiger partial charge in [0, 0.05) is 5.33 Å². The van der Waals surface area contributed by atoms with Crippen molar-refractivity contribution in [2.24, 2.45) is 0 Å². The number of hydrogen-bond donors (Lipinski definition) is 0. The van der Waals surface area contributed by atoms with Crippen molar-refractivity contribution in [3.63, 3.8) is 0 Å². The van der Waals surface area contributed by atoms with Crippen molar-refractivity contribution in [3.8, 4) is 0 Å². The molecule has 0 fully saturated rings. The summed E-state index contributed by atoms with van der Waals surface area (Å²) in [5.41, 5.74) is 1.25. The predicted octanol–water partition coefficient (Wildman–Crippen LogP) is 2.94. The van der Waals surface area contributed by atoms with Crippen LogP contribution in [0.15, 0.2) is 36.4 Å². The molecule has 11 heavy (non-hydrogen) atoms. The number of allylic oxidation sites excluding steroid dienone is 1. The van der Waals surface area contributed by atoms with Crippen LogP contribution in [-0.4, -0.2) is 28.4 Å². The van der Waals surface area contributed by atoms with E-state index in [1.807, 2.05) is 18.2 Å². The van der Waals surface area contributed by atoms with E-state index in [4.69, 9.17) is 0 Å². The first-order valence-electron chi connectivity index (χ1n) is 3.21. The van der Waals surface area contributed by atoms with E-state index in [1.165, 1.54) is 5.56 Å². The van der Waals surface area contributed by atoms with Crippen molar-refractivity contribution in [1.82, 2.24) is 0 Å². The second-order valence-corrected chi connectivity index (χ2v) is 2.61. The average Bonchev–Trinajstić information content (AvgIpc) is 2.03. The fraction of sp³-hybridized carbons (Fsp3) is 0.111. The van der Waals surface area contributed by atoms with Crippen molar-refractivity contribution in [1.29, 1.82) is 0 Å². The van der Waals surface area contributed by atoms with E-state index >= 15 is 0 Å². The predicted molar refractivity (Wildman–Crippen MR) is 57.2 cm³/mol. The molecule has 0 aliphatic rings. The maximum Gasteiger partial charge on any atom is 2.00 e. The van der Waals surface area contributed by atoms with Gasteiger partial charge in [0.05, 0.1) is 0 Å². The van der Waals surface area contributed by atoms with Gasteiger partial charge in [0.2, 0.25) is 0 Å². The van der Waals surface area contributed by atoms with Crippen LogP contribution in [0, 0.1) is 0 Å². The summed E-state index contributed by atoms with van der Waals surface area (Å²) in [5, 5.41) is 0.919. The summed E-state index contributed by atoms with van der Waals surface area (Å²) in [5.74, 6) is 0. The van der Waals surface area contributed by atoms with E-state index in [2.05, 4.69) is 40.2 Å². The Labute approximate surface area is 94.9 Å². The third-order valence-electron chi connectivity index (χ3n) is 1.20. The number of benzene rings is 1. The Kier molecular flexibility index (Phi) is 7.02. The Morgan fingerprint density at radius 3 is 2.45 bits per heavy atom. The van der Waals surface area contributed by atoms with E-state index in [1.54, 1.807) is 0 Å². The van der Waals surface area contributed by atoms with E-state index in [-0.39, 0.29) is 25.9 Å². The van der Waals surface area contributed by atoms with Gasteiger partial charge in [-0.2, -0.15) is 0 Å². The van der Waals surface area contributed by atoms with Crippen LogP contribution in [0.5, 0.6) is 0 Å². The number of rotatable bonds is 2. The Hall–Kier alpha value is 0.206. The fourth-order valence-corrected chi connectivity index (χ4v) is 0.932. The number of alkyl halides is 1. The van der Waals surface area contributed by atoms with Crippen LogP contribution in [0.3, 0.4) is 0 Å². The minimum Gasteiger partial charge on any atom is -1.00 e. The molecule has 56 valence electrons. The molecule has 1 aromatic carbocycles. The maximum atomic E-state index is 3.32. The van der Waals surface area contributed by atoms with Gasteiger partial charge in [0.15, 0.2) is 0 Å². The monoisotopic (exact) mass is 222 g/mol. The standard InChI is InChI=1S/C9H9Br.Mg.2H/c10-8-4-7-9-5-2-1-3-6-9;;;/h1-7H,8H2;;;/q;+2;2*-1/b7-4+;;;. The molecule has 0 bridgehead atoms. The average molecular weight is 223 g/mol. The van der Waals surface area contributed by atoms with Gasteiger partial charge in [-0.1, -0.05) is 58.4 Å². The van der Waals surface area contributed by atoms with Crippen LogP contribution < -0.4 is 0 Å². The zero-order valence-corrected chi connectivity index (χ0v) is 9.33. The molecule has 0 atom stereocenters. The molecule has 0 heterocycles. The first-order valence-corrected chi connectivity index (χ1v) is 4.33. The zero-order chi connectivity index (χ0) is 7.23. The third kappa shape index (κ3) is 4.61. The molecule has 0 nitrogen and oxygen atoms in total. The van der Waals surface area contributed by atoms with Crippen LogP contribution in [0.4, 0.5) is 0 Å². The van der Waals surface area contributed by atoms with Gasteiger partial charge in [0.1, 0.15) is 0 Å². The van der Waals surface area contributed by atoms with Gasteiger partial charge in [0.25, 0.3) is 0 Å². The van der Waals surface area contributed by atoms with E-state index in [0.29, 0.717) is 0 Å². The second-order valence-electron chi connectivity index (χ2n) is 1.97. The molecule has 0 unspecified atom stereocenters. The van der Waals surface area contributed by atoms with Gasteiger partial charge < -0.3 is 2.85 Å². The second kappa shape index (κ2) is 6.89. The van der Waals surface area contributed by atoms with Crippen molar-refractivity contribution < 1.29 is 2.85 Å². The molecule has 2 heteroatoms. The van der Waals surface area contributed by atoms with Crippen molar-refractivity contribution in [3.05, 3.63) is 42.0 Å². The molecule has 0 radical (unpaired) electrons. The molecule has 0 amide bonds. The topological polar surface area (TPSA) is 0 Å². The third-order valence-corrected chi connectivity index (χ3v) is 1.57. The summed E-state index contributed by atoms with van der Waals surface area (Å²) < 4.78 is 0. The largest absolute Gasteiger partial charge is 2.00 e. The molecule has 0 aliphatic carbocycles. The molecule has 0 aromatic heterocycles. The molecule has 1 aromatic rings. The molecule has 0 aliphatic heterocycles. The molecule has 0 N–H and O–H groups in total. The summed E-state index contributed by atoms with van der Waals surface area (Å²) in [7, 11) is 0. The van der Waals surface area contributed by atoms with Gasteiger partial charge in [-0.05, 0) is 5.56 Å². The smallest absolute Gasteiger partial charge is 1.00 e. The van der Waals surface area contributed by atoms with E-state index in [9.17, 15) is 0 Å². The van der Waals surface area contributed by atoms with Crippen LogP contribution >= 0.6 is 15.9 Å². The molecular formula is C9H11BrMg. The van der Waals surface area contributed by atoms with Crippen LogP contribution in [0.2, 0.25) is 0 Å². The van der Waals surface area contributed by atoms with E-state index < -0.39 is 0 Å². The molecule has 1 rings (SSSR count). The Morgan fingerprint density at radius 1 is 1.27 bits per heavy atom. The van der Waals surface area contributed by atoms with Gasteiger partial charge >= 0.3 is 23.1 Å². The molecule has 0 spiro atoms. The SMILES string of the molecule is BrC/C=C/c1ccccc1.[H-].[H-].[Mg+2]. The summed E-state index contributed by atoms with van der Waals surface area (Å²) in [6.07, 6.45) is 4.17. The van der Waals surface area contributed by atoms with Crippen molar-refractivity contribution in [2.75, 3.05) is 5.33 Å². The van der Waals surface area contributed by atoms with Gasteiger partial charge in [-0.25, -0.2) is 0 Å². The van der Waals surface area contributed by atoms with Crippen LogP contribution in [-0.2, 0) is 0 Å². The molecule has 0 saturated heterocycles. The summed E-state index contributed by atoms with van der Waals surface area (Å²) >= 11 is 3.32. The first-order chi connectivity index (χ1) is 4.93. The van der Waals surface area contributed by atoms with Crippen LogP contribution in [0.1, 0.15) is 8.42 Å². The van der Waals surface area contributed by atoms with Crippen molar-refractivity contribution >= 4 is 45.1 Å². The van der Waals surface area contributed by atoms with Gasteiger partial charge in [-0.3, -0.25) is 0 Å². The van der Waals surface area contributed by atoms with Gasteiger partial charge in [-0.15, -0.1) is 0 Å². The molecular weight excluding hydrogens is 212 g/mol. The summed E-state index contributed by atoms with van der Waals surface area (Å²) in [4.78, 5) is 0. The summed E-state index contributed by atoms with van der Waals surface area (Å²) in [6.45, 7) is 0. The Morgan fingerprint density at radius 2 is 1.91 bits per heavy atom. The van der Waals surface area contributed by atoms with E-state index in [0.717, 1.165) is 5.33 Å². The first kappa shape index (κ1) is 11.2. The van der Waals surface area contributed by atoms with Crippen molar-refractivity contribution in [2.45, 2.75) is 0 Å². The minimum absolute atomic E-state index is 0. The quantitative estimate of drug-likeness (QED) is 0.534. The van der Waals surface area contributed by atoms with Crippen LogP contribution in [0.25, 0.3) is 6.08 Å².